The lowest BCUT2D eigenvalue weighted by Gasteiger charge is -2.66. The molecule has 2 N–H and O–H groups in total. The molecule has 1 aromatic carbocycles. The minimum absolute atomic E-state index is 0.0237. The lowest BCUT2D eigenvalue weighted by atomic mass is 9.42. The zero-order valence-corrected chi connectivity index (χ0v) is 17.5. The van der Waals surface area contributed by atoms with Crippen LogP contribution in [-0.2, 0) is 24.5 Å². The van der Waals surface area contributed by atoms with Crippen molar-refractivity contribution in [2.45, 2.75) is 50.0 Å². The zero-order chi connectivity index (χ0) is 20.9. The number of allylic oxidation sites excluding steroid dienone is 1. The number of rotatable bonds is 3. The molecule has 4 heterocycles. The molecule has 7 heteroatoms. The van der Waals surface area contributed by atoms with Crippen LogP contribution in [0.5, 0.6) is 0 Å². The van der Waals surface area contributed by atoms with Gasteiger partial charge in [-0.1, -0.05) is 29.8 Å². The Bertz CT molecular complexity index is 1010. The summed E-state index contributed by atoms with van der Waals surface area (Å²) >= 11 is 0. The Morgan fingerprint density at radius 2 is 2.13 bits per heavy atom. The highest BCUT2D eigenvalue weighted by Crippen LogP contribution is 2.74. The second kappa shape index (κ2) is 5.65. The van der Waals surface area contributed by atoms with E-state index in [1.807, 2.05) is 19.1 Å². The molecule has 1 spiro atoms. The van der Waals surface area contributed by atoms with Gasteiger partial charge in [0.2, 0.25) is 0 Å². The fourth-order valence-corrected chi connectivity index (χ4v) is 7.77. The van der Waals surface area contributed by atoms with Crippen molar-refractivity contribution in [3.63, 3.8) is 0 Å². The third kappa shape index (κ3) is 1.70. The highest BCUT2D eigenvalue weighted by molar-refractivity contribution is 5.86. The van der Waals surface area contributed by atoms with Gasteiger partial charge in [-0.2, -0.15) is 0 Å². The predicted octanol–water partition coefficient (Wildman–Crippen LogP) is 1.75. The average molecular weight is 409 g/mol. The van der Waals surface area contributed by atoms with E-state index in [0.717, 1.165) is 30.6 Å². The lowest BCUT2D eigenvalue weighted by molar-refractivity contribution is -0.191. The number of carbonyl (C=O) groups excluding carboxylic acids is 2. The topological polar surface area (TPSA) is 79.9 Å². The Kier molecular flexibility index (Phi) is 3.46. The van der Waals surface area contributed by atoms with Crippen molar-refractivity contribution in [3.05, 3.63) is 41.5 Å². The van der Waals surface area contributed by atoms with E-state index in [0.29, 0.717) is 0 Å². The first-order valence-corrected chi connectivity index (χ1v) is 10.7. The molecule has 4 fully saturated rings. The van der Waals surface area contributed by atoms with Crippen LogP contribution in [0.2, 0.25) is 0 Å². The van der Waals surface area contributed by atoms with Gasteiger partial charge in [-0.05, 0) is 31.4 Å². The Morgan fingerprint density at radius 1 is 1.33 bits per heavy atom. The molecule has 4 aliphatic heterocycles. The van der Waals surface area contributed by atoms with E-state index < -0.39 is 16.5 Å². The van der Waals surface area contributed by atoms with E-state index in [1.54, 1.807) is 0 Å². The number of ether oxygens (including phenoxy) is 2. The summed E-state index contributed by atoms with van der Waals surface area (Å²) in [6.07, 6.45) is 3.90. The van der Waals surface area contributed by atoms with Crippen molar-refractivity contribution >= 4 is 17.6 Å². The smallest absolute Gasteiger partial charge is 0.316 e. The standard InChI is InChI=1S/C23H27N3O4/c1-4-14-11-26-18-9-16(14)21(20(28)29-3,12-30-13(2)27)22-10-19(26)25-23(18,22)24-17-8-6-5-7-15(17)22/h4-8,16,18-19,24-25H,9-12H2,1-3H3. The number of nitrogens with zero attached hydrogens (tertiary/aromatic N) is 1. The molecule has 0 radical (unpaired) electrons. The first-order chi connectivity index (χ1) is 14.4. The van der Waals surface area contributed by atoms with Gasteiger partial charge in [-0.3, -0.25) is 19.8 Å². The Morgan fingerprint density at radius 3 is 2.87 bits per heavy atom. The number of methoxy groups -OCH3 is 1. The van der Waals surface area contributed by atoms with Gasteiger partial charge in [-0.25, -0.2) is 0 Å². The summed E-state index contributed by atoms with van der Waals surface area (Å²) in [5, 5.41) is 7.69. The van der Waals surface area contributed by atoms with Crippen LogP contribution in [-0.4, -0.2) is 55.0 Å². The minimum atomic E-state index is -1.00. The third-order valence-electron chi connectivity index (χ3n) is 8.64. The van der Waals surface area contributed by atoms with E-state index >= 15 is 0 Å². The number of nitrogens with one attached hydrogen (secondary N) is 2. The van der Waals surface area contributed by atoms with E-state index in [1.165, 1.54) is 19.6 Å². The maximum atomic E-state index is 13.8. The molecule has 0 amide bonds. The molecule has 158 valence electrons. The molecule has 6 atom stereocenters. The Labute approximate surface area is 175 Å². The number of carbonyl (C=O) groups is 2. The van der Waals surface area contributed by atoms with Crippen LogP contribution in [0, 0.1) is 11.3 Å². The van der Waals surface area contributed by atoms with Crippen molar-refractivity contribution in [3.8, 4) is 0 Å². The number of benzene rings is 1. The van der Waals surface area contributed by atoms with Gasteiger partial charge in [0, 0.05) is 31.1 Å². The Balaban J connectivity index is 1.69. The number of para-hydroxylation sites is 1. The quantitative estimate of drug-likeness (QED) is 0.582. The highest BCUT2D eigenvalue weighted by atomic mass is 16.5. The van der Waals surface area contributed by atoms with Crippen LogP contribution < -0.4 is 10.6 Å². The maximum absolute atomic E-state index is 13.8. The van der Waals surface area contributed by atoms with Gasteiger partial charge < -0.3 is 14.8 Å². The molecule has 6 rings (SSSR count). The number of hydrogen-bond acceptors (Lipinski definition) is 7. The van der Waals surface area contributed by atoms with Gasteiger partial charge in [-0.15, -0.1) is 0 Å². The lowest BCUT2D eigenvalue weighted by Crippen LogP contribution is -2.79. The van der Waals surface area contributed by atoms with Crippen LogP contribution in [0.3, 0.4) is 0 Å². The molecule has 4 bridgehead atoms. The first-order valence-electron chi connectivity index (χ1n) is 10.7. The van der Waals surface area contributed by atoms with Gasteiger partial charge in [0.05, 0.1) is 18.7 Å². The molecule has 5 aliphatic rings. The van der Waals surface area contributed by atoms with E-state index in [2.05, 4.69) is 33.7 Å². The summed E-state index contributed by atoms with van der Waals surface area (Å²) in [7, 11) is 1.45. The number of hydrogen-bond donors (Lipinski definition) is 2. The maximum Gasteiger partial charge on any atom is 0.316 e. The summed E-state index contributed by atoms with van der Waals surface area (Å²) in [4.78, 5) is 28.4. The summed E-state index contributed by atoms with van der Waals surface area (Å²) in [6, 6.07) is 8.53. The summed E-state index contributed by atoms with van der Waals surface area (Å²) in [5.41, 5.74) is 1.36. The molecular formula is C23H27N3O4. The fourth-order valence-electron chi connectivity index (χ4n) is 7.77. The van der Waals surface area contributed by atoms with Gasteiger partial charge in [0.25, 0.3) is 0 Å². The van der Waals surface area contributed by atoms with Crippen LogP contribution in [0.25, 0.3) is 0 Å². The Hall–Kier alpha value is -2.38. The summed E-state index contributed by atoms with van der Waals surface area (Å²) in [5.74, 6) is -0.703. The van der Waals surface area contributed by atoms with Crippen LogP contribution in [0.4, 0.5) is 5.69 Å². The van der Waals surface area contributed by atoms with Crippen molar-refractivity contribution in [1.29, 1.82) is 0 Å². The van der Waals surface area contributed by atoms with Crippen LogP contribution >= 0.6 is 0 Å². The van der Waals surface area contributed by atoms with E-state index in [-0.39, 0.29) is 36.7 Å². The molecule has 1 aliphatic carbocycles. The summed E-state index contributed by atoms with van der Waals surface area (Å²) < 4.78 is 11.2. The highest BCUT2D eigenvalue weighted by Gasteiger charge is 2.86. The van der Waals surface area contributed by atoms with E-state index in [4.69, 9.17) is 9.47 Å². The number of fused-ring (bicyclic) bond motifs is 4. The van der Waals surface area contributed by atoms with Crippen LogP contribution in [0.15, 0.2) is 35.9 Å². The number of anilines is 1. The molecule has 30 heavy (non-hydrogen) atoms. The van der Waals surface area contributed by atoms with Crippen molar-refractivity contribution < 1.29 is 19.1 Å². The predicted molar refractivity (Wildman–Crippen MR) is 109 cm³/mol. The number of piperidine rings is 2. The fraction of sp³-hybridized carbons (Fsp3) is 0.565. The van der Waals surface area contributed by atoms with Crippen LogP contribution in [0.1, 0.15) is 32.3 Å². The molecule has 3 saturated heterocycles. The van der Waals surface area contributed by atoms with Crippen molar-refractivity contribution in [2.24, 2.45) is 11.3 Å². The van der Waals surface area contributed by atoms with E-state index in [9.17, 15) is 9.59 Å². The SMILES string of the molecule is CC=C1CN2C3CC45c6ccccc6NC4(N3)C2CC1C5(COC(C)=O)C(=O)OC. The van der Waals surface area contributed by atoms with Crippen molar-refractivity contribution in [2.75, 3.05) is 25.6 Å². The minimum Gasteiger partial charge on any atom is -0.468 e. The third-order valence-corrected chi connectivity index (χ3v) is 8.64. The second-order valence-electron chi connectivity index (χ2n) is 9.33. The second-order valence-corrected chi connectivity index (χ2v) is 9.33. The first kappa shape index (κ1) is 18.4. The van der Waals surface area contributed by atoms with Gasteiger partial charge >= 0.3 is 11.9 Å². The molecule has 1 saturated carbocycles. The van der Waals surface area contributed by atoms with Crippen molar-refractivity contribution in [1.82, 2.24) is 10.2 Å². The monoisotopic (exact) mass is 409 g/mol. The largest absolute Gasteiger partial charge is 0.468 e. The molecular weight excluding hydrogens is 382 g/mol. The zero-order valence-electron chi connectivity index (χ0n) is 17.5. The summed E-state index contributed by atoms with van der Waals surface area (Å²) in [6.45, 7) is 4.29. The van der Waals surface area contributed by atoms with Gasteiger partial charge in [0.15, 0.2) is 0 Å². The molecule has 0 aromatic heterocycles. The molecule has 7 nitrogen and oxygen atoms in total. The average Bonchev–Trinajstić information content (AvgIpc) is 3.35. The van der Waals surface area contributed by atoms with Gasteiger partial charge in [0.1, 0.15) is 17.7 Å². The normalized spacial score (nSPS) is 43.3. The molecule has 1 aromatic rings. The number of esters is 2. The molecule has 6 unspecified atom stereocenters.